The van der Waals surface area contributed by atoms with Gasteiger partial charge in [-0.3, -0.25) is 4.72 Å². The summed E-state index contributed by atoms with van der Waals surface area (Å²) in [7, 11) is -3.73. The van der Waals surface area contributed by atoms with Gasteiger partial charge in [-0.05, 0) is 36.4 Å². The van der Waals surface area contributed by atoms with E-state index in [2.05, 4.69) is 4.72 Å². The Morgan fingerprint density at radius 1 is 1.05 bits per heavy atom. The summed E-state index contributed by atoms with van der Waals surface area (Å²) in [5.41, 5.74) is 6.19. The zero-order valence-electron chi connectivity index (χ0n) is 9.60. The number of sulfonamides is 1. The van der Waals surface area contributed by atoms with Crippen LogP contribution in [0.2, 0.25) is 10.0 Å². The SMILES string of the molecule is Nc1cccc(S(=O)(=O)Nc2ccc(Cl)cc2Cl)c1. The van der Waals surface area contributed by atoms with Crippen LogP contribution in [0.4, 0.5) is 11.4 Å². The van der Waals surface area contributed by atoms with E-state index in [9.17, 15) is 8.42 Å². The number of nitrogen functional groups attached to an aromatic ring is 1. The van der Waals surface area contributed by atoms with Crippen LogP contribution >= 0.6 is 23.2 Å². The van der Waals surface area contributed by atoms with Gasteiger partial charge in [0, 0.05) is 10.7 Å². The van der Waals surface area contributed by atoms with E-state index in [1.165, 1.54) is 24.3 Å². The summed E-state index contributed by atoms with van der Waals surface area (Å²) >= 11 is 11.7. The molecule has 2 aromatic carbocycles. The normalized spacial score (nSPS) is 11.3. The first-order valence-corrected chi connectivity index (χ1v) is 7.46. The van der Waals surface area contributed by atoms with Crippen molar-refractivity contribution in [3.8, 4) is 0 Å². The molecule has 0 saturated heterocycles. The number of anilines is 2. The van der Waals surface area contributed by atoms with E-state index >= 15 is 0 Å². The summed E-state index contributed by atoms with van der Waals surface area (Å²) in [6, 6.07) is 10.5. The van der Waals surface area contributed by atoms with Crippen LogP contribution in [0.15, 0.2) is 47.4 Å². The fourth-order valence-corrected chi connectivity index (χ4v) is 3.10. The Labute approximate surface area is 121 Å². The van der Waals surface area contributed by atoms with Crippen molar-refractivity contribution >= 4 is 44.6 Å². The molecular weight excluding hydrogens is 307 g/mol. The van der Waals surface area contributed by atoms with Crippen LogP contribution < -0.4 is 10.5 Å². The molecule has 0 fully saturated rings. The molecule has 0 radical (unpaired) electrons. The first kappa shape index (κ1) is 14.0. The molecule has 0 aliphatic carbocycles. The van der Waals surface area contributed by atoms with E-state index in [1.807, 2.05) is 0 Å². The Balaban J connectivity index is 2.36. The van der Waals surface area contributed by atoms with Crippen molar-refractivity contribution in [1.29, 1.82) is 0 Å². The molecule has 100 valence electrons. The lowest BCUT2D eigenvalue weighted by atomic mass is 10.3. The number of hydrogen-bond donors (Lipinski definition) is 2. The van der Waals surface area contributed by atoms with Gasteiger partial charge in [0.2, 0.25) is 0 Å². The quantitative estimate of drug-likeness (QED) is 0.853. The Hall–Kier alpha value is -1.43. The molecule has 3 N–H and O–H groups in total. The van der Waals surface area contributed by atoms with Crippen LogP contribution in [0.1, 0.15) is 0 Å². The van der Waals surface area contributed by atoms with Gasteiger partial charge in [0.05, 0.1) is 15.6 Å². The van der Waals surface area contributed by atoms with Gasteiger partial charge in [0.1, 0.15) is 0 Å². The Morgan fingerprint density at radius 2 is 1.79 bits per heavy atom. The standard InChI is InChI=1S/C12H10Cl2N2O2S/c13-8-4-5-12(11(14)6-8)16-19(17,18)10-3-1-2-9(15)7-10/h1-7,16H,15H2. The first-order chi connectivity index (χ1) is 8.88. The third kappa shape index (κ3) is 3.32. The average molecular weight is 317 g/mol. The van der Waals surface area contributed by atoms with E-state index < -0.39 is 10.0 Å². The molecule has 0 unspecified atom stereocenters. The number of benzene rings is 2. The number of hydrogen-bond acceptors (Lipinski definition) is 3. The highest BCUT2D eigenvalue weighted by molar-refractivity contribution is 7.92. The highest BCUT2D eigenvalue weighted by atomic mass is 35.5. The van der Waals surface area contributed by atoms with Crippen molar-refractivity contribution in [2.24, 2.45) is 0 Å². The number of nitrogens with one attached hydrogen (secondary N) is 1. The zero-order valence-corrected chi connectivity index (χ0v) is 11.9. The van der Waals surface area contributed by atoms with Crippen LogP contribution in [0, 0.1) is 0 Å². The van der Waals surface area contributed by atoms with Crippen molar-refractivity contribution < 1.29 is 8.42 Å². The van der Waals surface area contributed by atoms with Gasteiger partial charge >= 0.3 is 0 Å². The molecule has 0 heterocycles. The molecule has 0 saturated carbocycles. The Morgan fingerprint density at radius 3 is 2.42 bits per heavy atom. The molecule has 0 aromatic heterocycles. The second-order valence-corrected chi connectivity index (χ2v) is 6.33. The second-order valence-electron chi connectivity index (χ2n) is 3.80. The maximum atomic E-state index is 12.1. The topological polar surface area (TPSA) is 72.2 Å². The molecule has 4 nitrogen and oxygen atoms in total. The fourth-order valence-electron chi connectivity index (χ4n) is 1.46. The van der Waals surface area contributed by atoms with Gasteiger partial charge in [0.25, 0.3) is 10.0 Å². The third-order valence-corrected chi connectivity index (χ3v) is 4.25. The molecule has 7 heteroatoms. The van der Waals surface area contributed by atoms with Gasteiger partial charge in [-0.2, -0.15) is 0 Å². The predicted octanol–water partition coefficient (Wildman–Crippen LogP) is 3.38. The smallest absolute Gasteiger partial charge is 0.262 e. The Kier molecular flexibility index (Phi) is 3.89. The molecule has 0 amide bonds. The lowest BCUT2D eigenvalue weighted by Crippen LogP contribution is -2.13. The maximum absolute atomic E-state index is 12.1. The number of halogens is 2. The van der Waals surface area contributed by atoms with Crippen molar-refractivity contribution in [3.05, 3.63) is 52.5 Å². The van der Waals surface area contributed by atoms with Crippen LogP contribution in [0.5, 0.6) is 0 Å². The fraction of sp³-hybridized carbons (Fsp3) is 0. The van der Waals surface area contributed by atoms with E-state index in [-0.39, 0.29) is 15.6 Å². The van der Waals surface area contributed by atoms with E-state index in [0.717, 1.165) is 0 Å². The van der Waals surface area contributed by atoms with Crippen LogP contribution in [-0.2, 0) is 10.0 Å². The van der Waals surface area contributed by atoms with Crippen LogP contribution in [0.25, 0.3) is 0 Å². The minimum absolute atomic E-state index is 0.0681. The maximum Gasteiger partial charge on any atom is 0.262 e. The van der Waals surface area contributed by atoms with Gasteiger partial charge in [0.15, 0.2) is 0 Å². The average Bonchev–Trinajstić information content (AvgIpc) is 2.33. The highest BCUT2D eigenvalue weighted by Crippen LogP contribution is 2.27. The van der Waals surface area contributed by atoms with E-state index in [1.54, 1.807) is 18.2 Å². The third-order valence-electron chi connectivity index (χ3n) is 2.34. The molecule has 2 aromatic rings. The second kappa shape index (κ2) is 5.28. The monoisotopic (exact) mass is 316 g/mol. The van der Waals surface area contributed by atoms with Gasteiger partial charge in [-0.25, -0.2) is 8.42 Å². The molecule has 0 aliphatic rings. The summed E-state index contributed by atoms with van der Waals surface area (Å²) in [5, 5.41) is 0.650. The van der Waals surface area contributed by atoms with E-state index in [0.29, 0.717) is 10.7 Å². The molecule has 2 rings (SSSR count). The summed E-state index contributed by atoms with van der Waals surface area (Å²) in [5.74, 6) is 0. The summed E-state index contributed by atoms with van der Waals surface area (Å²) < 4.78 is 26.6. The first-order valence-electron chi connectivity index (χ1n) is 5.22. The number of nitrogens with two attached hydrogens (primary N) is 1. The summed E-state index contributed by atoms with van der Waals surface area (Å²) in [6.45, 7) is 0. The largest absolute Gasteiger partial charge is 0.399 e. The summed E-state index contributed by atoms with van der Waals surface area (Å²) in [6.07, 6.45) is 0. The zero-order chi connectivity index (χ0) is 14.0. The molecule has 19 heavy (non-hydrogen) atoms. The highest BCUT2D eigenvalue weighted by Gasteiger charge is 2.15. The molecule has 0 bridgehead atoms. The van der Waals surface area contributed by atoms with Gasteiger partial charge < -0.3 is 5.73 Å². The van der Waals surface area contributed by atoms with E-state index in [4.69, 9.17) is 28.9 Å². The van der Waals surface area contributed by atoms with Crippen molar-refractivity contribution in [2.75, 3.05) is 10.5 Å². The van der Waals surface area contributed by atoms with Crippen molar-refractivity contribution in [3.63, 3.8) is 0 Å². The molecular formula is C12H10Cl2N2O2S. The van der Waals surface area contributed by atoms with Crippen molar-refractivity contribution in [2.45, 2.75) is 4.90 Å². The van der Waals surface area contributed by atoms with Gasteiger partial charge in [-0.15, -0.1) is 0 Å². The predicted molar refractivity (Wildman–Crippen MR) is 78.1 cm³/mol. The molecule has 0 spiro atoms. The minimum atomic E-state index is -3.73. The van der Waals surface area contributed by atoms with Crippen molar-refractivity contribution in [1.82, 2.24) is 0 Å². The lowest BCUT2D eigenvalue weighted by molar-refractivity contribution is 0.601. The van der Waals surface area contributed by atoms with Crippen LogP contribution in [-0.4, -0.2) is 8.42 Å². The lowest BCUT2D eigenvalue weighted by Gasteiger charge is -2.10. The molecule has 0 atom stereocenters. The Bertz CT molecular complexity index is 717. The summed E-state index contributed by atoms with van der Waals surface area (Å²) in [4.78, 5) is 0.0681. The van der Waals surface area contributed by atoms with Gasteiger partial charge in [-0.1, -0.05) is 29.3 Å². The molecule has 0 aliphatic heterocycles. The number of rotatable bonds is 3. The minimum Gasteiger partial charge on any atom is -0.399 e. The van der Waals surface area contributed by atoms with Crippen LogP contribution in [0.3, 0.4) is 0 Å².